The van der Waals surface area contributed by atoms with Gasteiger partial charge in [-0.15, -0.1) is 0 Å². The number of halogens is 1. The number of fused-ring (bicyclic) bond motifs is 1. The quantitative estimate of drug-likeness (QED) is 0.670. The van der Waals surface area contributed by atoms with Crippen molar-refractivity contribution < 1.29 is 5.11 Å². The van der Waals surface area contributed by atoms with Crippen molar-refractivity contribution in [3.8, 4) is 0 Å². The van der Waals surface area contributed by atoms with Crippen molar-refractivity contribution >= 4 is 17.3 Å². The van der Waals surface area contributed by atoms with Gasteiger partial charge in [-0.2, -0.15) is 0 Å². The molecule has 0 fully saturated rings. The van der Waals surface area contributed by atoms with Crippen molar-refractivity contribution in [1.29, 1.82) is 0 Å². The van der Waals surface area contributed by atoms with Crippen molar-refractivity contribution in [3.05, 3.63) is 28.8 Å². The Hall–Kier alpha value is -0.730. The number of aliphatic hydroxyl groups excluding tert-OH is 1. The zero-order valence-electron chi connectivity index (χ0n) is 7.42. The van der Waals surface area contributed by atoms with Gasteiger partial charge in [0.25, 0.3) is 0 Å². The van der Waals surface area contributed by atoms with Crippen LogP contribution in [0.15, 0.2) is 18.2 Å². The number of rotatable bonds is 0. The molecule has 0 aliphatic carbocycles. The van der Waals surface area contributed by atoms with E-state index in [1.807, 2.05) is 18.2 Å². The SMILES string of the molecule is C[C@@H]1C[C@@H](O)c2cc(Cl)ccc2N1. The first-order valence-electron chi connectivity index (χ1n) is 4.41. The standard InChI is InChI=1S/C10H12ClNO/c1-6-4-10(13)8-5-7(11)2-3-9(8)12-6/h2-3,5-6,10,12-13H,4H2,1H3/t6-,10-/m1/s1. The molecule has 2 N–H and O–H groups in total. The third kappa shape index (κ3) is 1.64. The molecule has 1 aliphatic heterocycles. The van der Waals surface area contributed by atoms with Crippen LogP contribution in [0.5, 0.6) is 0 Å². The molecule has 0 saturated heterocycles. The number of aliphatic hydroxyl groups is 1. The lowest BCUT2D eigenvalue weighted by Gasteiger charge is -2.28. The molecule has 0 amide bonds. The first-order valence-corrected chi connectivity index (χ1v) is 4.78. The van der Waals surface area contributed by atoms with Gasteiger partial charge in [-0.25, -0.2) is 0 Å². The van der Waals surface area contributed by atoms with Gasteiger partial charge in [0.2, 0.25) is 0 Å². The van der Waals surface area contributed by atoms with Gasteiger partial charge in [-0.3, -0.25) is 0 Å². The largest absolute Gasteiger partial charge is 0.388 e. The number of anilines is 1. The maximum absolute atomic E-state index is 9.76. The van der Waals surface area contributed by atoms with Crippen LogP contribution in [0.4, 0.5) is 5.69 Å². The highest BCUT2D eigenvalue weighted by Gasteiger charge is 2.21. The van der Waals surface area contributed by atoms with Crippen molar-refractivity contribution in [2.45, 2.75) is 25.5 Å². The summed E-state index contributed by atoms with van der Waals surface area (Å²) in [6.07, 6.45) is 0.359. The van der Waals surface area contributed by atoms with Crippen LogP contribution in [0.25, 0.3) is 0 Å². The Bertz CT molecular complexity index is 327. The molecule has 1 aliphatic rings. The normalized spacial score (nSPS) is 26.4. The predicted molar refractivity (Wildman–Crippen MR) is 54.1 cm³/mol. The van der Waals surface area contributed by atoms with E-state index in [4.69, 9.17) is 11.6 Å². The molecule has 0 unspecified atom stereocenters. The summed E-state index contributed by atoms with van der Waals surface area (Å²) < 4.78 is 0. The van der Waals surface area contributed by atoms with Crippen LogP contribution in [0, 0.1) is 0 Å². The van der Waals surface area contributed by atoms with E-state index in [2.05, 4.69) is 12.2 Å². The molecule has 0 radical (unpaired) electrons. The Balaban J connectivity index is 2.43. The Labute approximate surface area is 82.5 Å². The van der Waals surface area contributed by atoms with Crippen LogP contribution < -0.4 is 5.32 Å². The van der Waals surface area contributed by atoms with Crippen molar-refractivity contribution in [2.24, 2.45) is 0 Å². The summed E-state index contributed by atoms with van der Waals surface area (Å²) >= 11 is 5.84. The topological polar surface area (TPSA) is 32.3 Å². The van der Waals surface area contributed by atoms with Gasteiger partial charge in [0.15, 0.2) is 0 Å². The van der Waals surface area contributed by atoms with Gasteiger partial charge < -0.3 is 10.4 Å². The van der Waals surface area contributed by atoms with E-state index in [0.29, 0.717) is 11.1 Å². The molecule has 2 nitrogen and oxygen atoms in total. The summed E-state index contributed by atoms with van der Waals surface area (Å²) in [4.78, 5) is 0. The van der Waals surface area contributed by atoms with Crippen molar-refractivity contribution in [1.82, 2.24) is 0 Å². The first-order chi connectivity index (χ1) is 6.16. The fourth-order valence-corrected chi connectivity index (χ4v) is 1.91. The Morgan fingerprint density at radius 3 is 3.08 bits per heavy atom. The van der Waals surface area contributed by atoms with E-state index in [0.717, 1.165) is 17.7 Å². The molecule has 1 aromatic carbocycles. The minimum Gasteiger partial charge on any atom is -0.388 e. The molecular weight excluding hydrogens is 186 g/mol. The summed E-state index contributed by atoms with van der Waals surface area (Å²) in [5.41, 5.74) is 1.90. The molecule has 2 rings (SSSR count). The monoisotopic (exact) mass is 197 g/mol. The zero-order valence-corrected chi connectivity index (χ0v) is 8.17. The number of nitrogens with one attached hydrogen (secondary N) is 1. The summed E-state index contributed by atoms with van der Waals surface area (Å²) in [6, 6.07) is 5.89. The molecule has 2 atom stereocenters. The van der Waals surface area contributed by atoms with Crippen molar-refractivity contribution in [3.63, 3.8) is 0 Å². The lowest BCUT2D eigenvalue weighted by atomic mass is 9.96. The number of benzene rings is 1. The average molecular weight is 198 g/mol. The van der Waals surface area contributed by atoms with Crippen LogP contribution in [-0.4, -0.2) is 11.1 Å². The van der Waals surface area contributed by atoms with Crippen molar-refractivity contribution in [2.75, 3.05) is 5.32 Å². The summed E-state index contributed by atoms with van der Waals surface area (Å²) in [6.45, 7) is 2.06. The third-order valence-electron chi connectivity index (χ3n) is 2.35. The number of hydrogen-bond acceptors (Lipinski definition) is 2. The van der Waals surface area contributed by atoms with Gasteiger partial charge in [0.05, 0.1) is 6.10 Å². The van der Waals surface area contributed by atoms with Crippen LogP contribution in [0.1, 0.15) is 25.0 Å². The Kier molecular flexibility index (Phi) is 2.18. The molecule has 13 heavy (non-hydrogen) atoms. The second kappa shape index (κ2) is 3.20. The van der Waals surface area contributed by atoms with E-state index in [1.165, 1.54) is 0 Å². The molecule has 0 aromatic heterocycles. The maximum Gasteiger partial charge on any atom is 0.0829 e. The Morgan fingerprint density at radius 2 is 2.31 bits per heavy atom. The zero-order chi connectivity index (χ0) is 9.42. The molecule has 0 spiro atoms. The Morgan fingerprint density at radius 1 is 1.54 bits per heavy atom. The molecule has 3 heteroatoms. The highest BCUT2D eigenvalue weighted by molar-refractivity contribution is 6.30. The van der Waals surface area contributed by atoms with E-state index in [1.54, 1.807) is 0 Å². The van der Waals surface area contributed by atoms with Crippen LogP contribution >= 0.6 is 11.6 Å². The lowest BCUT2D eigenvalue weighted by Crippen LogP contribution is -2.25. The lowest BCUT2D eigenvalue weighted by molar-refractivity contribution is 0.158. The highest BCUT2D eigenvalue weighted by Crippen LogP contribution is 2.33. The average Bonchev–Trinajstić information content (AvgIpc) is 2.06. The predicted octanol–water partition coefficient (Wildman–Crippen LogP) is 2.58. The van der Waals surface area contributed by atoms with E-state index < -0.39 is 0 Å². The molecule has 1 aromatic rings. The van der Waals surface area contributed by atoms with Gasteiger partial charge in [0.1, 0.15) is 0 Å². The van der Waals surface area contributed by atoms with Gasteiger partial charge >= 0.3 is 0 Å². The van der Waals surface area contributed by atoms with E-state index in [9.17, 15) is 5.11 Å². The summed E-state index contributed by atoms with van der Waals surface area (Å²) in [5.74, 6) is 0. The third-order valence-corrected chi connectivity index (χ3v) is 2.59. The smallest absolute Gasteiger partial charge is 0.0829 e. The van der Waals surface area contributed by atoms with Gasteiger partial charge in [-0.1, -0.05) is 11.6 Å². The van der Waals surface area contributed by atoms with Crippen LogP contribution in [-0.2, 0) is 0 Å². The minimum atomic E-state index is -0.384. The molecular formula is C10H12ClNO. The second-order valence-corrected chi connectivity index (χ2v) is 3.96. The number of hydrogen-bond donors (Lipinski definition) is 2. The molecule has 70 valence electrons. The van der Waals surface area contributed by atoms with E-state index in [-0.39, 0.29) is 6.10 Å². The summed E-state index contributed by atoms with van der Waals surface area (Å²) in [7, 11) is 0. The van der Waals surface area contributed by atoms with Gasteiger partial charge in [-0.05, 0) is 31.5 Å². The van der Waals surface area contributed by atoms with E-state index >= 15 is 0 Å². The van der Waals surface area contributed by atoms with Gasteiger partial charge in [0, 0.05) is 22.3 Å². The second-order valence-electron chi connectivity index (χ2n) is 3.53. The van der Waals surface area contributed by atoms with Crippen LogP contribution in [0.2, 0.25) is 5.02 Å². The molecule has 0 bridgehead atoms. The fraction of sp³-hybridized carbons (Fsp3) is 0.400. The maximum atomic E-state index is 9.76. The highest BCUT2D eigenvalue weighted by atomic mass is 35.5. The minimum absolute atomic E-state index is 0.323. The van der Waals surface area contributed by atoms with Crippen LogP contribution in [0.3, 0.4) is 0 Å². The first kappa shape index (κ1) is 8.85. The molecule has 0 saturated carbocycles. The fourth-order valence-electron chi connectivity index (χ4n) is 1.73. The summed E-state index contributed by atoms with van der Waals surface area (Å²) in [5, 5.41) is 13.7. The molecule has 1 heterocycles.